The first-order chi connectivity index (χ1) is 16.8. The second kappa shape index (κ2) is 10.3. The van der Waals surface area contributed by atoms with Crippen LogP contribution < -0.4 is 14.8 Å². The van der Waals surface area contributed by atoms with Crippen LogP contribution in [0.2, 0.25) is 0 Å². The van der Waals surface area contributed by atoms with Crippen molar-refractivity contribution in [3.05, 3.63) is 95.7 Å². The molecule has 35 heavy (non-hydrogen) atoms. The van der Waals surface area contributed by atoms with Crippen LogP contribution in [-0.2, 0) is 11.0 Å². The second-order valence-corrected chi connectivity index (χ2v) is 7.59. The van der Waals surface area contributed by atoms with E-state index in [1.54, 1.807) is 18.2 Å². The van der Waals surface area contributed by atoms with Crippen molar-refractivity contribution in [3.63, 3.8) is 0 Å². The van der Waals surface area contributed by atoms with Crippen molar-refractivity contribution in [3.8, 4) is 11.5 Å². The molecule has 8 heteroatoms. The van der Waals surface area contributed by atoms with E-state index in [0.29, 0.717) is 11.5 Å². The highest BCUT2D eigenvalue weighted by Crippen LogP contribution is 2.31. The molecule has 1 amide bonds. The number of anilines is 1. The van der Waals surface area contributed by atoms with E-state index in [9.17, 15) is 18.0 Å². The van der Waals surface area contributed by atoms with Gasteiger partial charge in [0.25, 0.3) is 5.91 Å². The fraction of sp³-hybridized carbons (Fsp3) is 0.111. The zero-order chi connectivity index (χ0) is 24.8. The summed E-state index contributed by atoms with van der Waals surface area (Å²) in [4.78, 5) is 16.8. The number of hydrogen-bond acceptors (Lipinski definition) is 4. The Bertz CT molecular complexity index is 1380. The number of para-hydroxylation sites is 1. The highest BCUT2D eigenvalue weighted by atomic mass is 19.4. The lowest BCUT2D eigenvalue weighted by molar-refractivity contribution is -0.137. The van der Waals surface area contributed by atoms with Crippen molar-refractivity contribution in [2.24, 2.45) is 0 Å². The summed E-state index contributed by atoms with van der Waals surface area (Å²) < 4.78 is 49.4. The minimum atomic E-state index is -4.49. The van der Waals surface area contributed by atoms with Crippen LogP contribution in [-0.4, -0.2) is 24.6 Å². The molecule has 0 aliphatic rings. The van der Waals surface area contributed by atoms with Crippen LogP contribution in [0.1, 0.15) is 16.8 Å². The van der Waals surface area contributed by atoms with E-state index < -0.39 is 24.3 Å². The number of pyridine rings is 1. The standard InChI is InChI=1S/C27H21F3N2O3/c1-34-25-15-18(9-12-21-13-11-19-5-2-3-8-23(19)31-21)10-14-24(25)35-17-26(33)32-22-7-4-6-20(16-22)27(28,29)30/h2-16H,17H2,1H3,(H,32,33). The molecule has 1 aromatic heterocycles. The SMILES string of the molecule is COc1cc(C=Cc2ccc3ccccc3n2)ccc1OCC(=O)Nc1cccc(C(F)(F)F)c1. The number of carbonyl (C=O) groups excluding carboxylic acids is 1. The third kappa shape index (κ3) is 6.17. The van der Waals surface area contributed by atoms with Gasteiger partial charge in [-0.1, -0.05) is 42.5 Å². The van der Waals surface area contributed by atoms with Gasteiger partial charge in [-0.2, -0.15) is 13.2 Å². The maximum absolute atomic E-state index is 12.8. The molecular weight excluding hydrogens is 457 g/mol. The Morgan fingerprint density at radius 1 is 0.943 bits per heavy atom. The van der Waals surface area contributed by atoms with Gasteiger partial charge >= 0.3 is 6.18 Å². The molecule has 0 saturated carbocycles. The van der Waals surface area contributed by atoms with Crippen LogP contribution in [0, 0.1) is 0 Å². The first-order valence-electron chi connectivity index (χ1n) is 10.6. The highest BCUT2D eigenvalue weighted by molar-refractivity contribution is 5.92. The summed E-state index contributed by atoms with van der Waals surface area (Å²) in [6.45, 7) is -0.400. The van der Waals surface area contributed by atoms with E-state index in [4.69, 9.17) is 9.47 Å². The number of halogens is 3. The molecule has 0 bridgehead atoms. The number of nitrogens with zero attached hydrogens (tertiary/aromatic N) is 1. The molecule has 0 saturated heterocycles. The zero-order valence-corrected chi connectivity index (χ0v) is 18.7. The molecule has 5 nitrogen and oxygen atoms in total. The number of amides is 1. The van der Waals surface area contributed by atoms with E-state index in [1.807, 2.05) is 48.6 Å². The summed E-state index contributed by atoms with van der Waals surface area (Å²) >= 11 is 0. The quantitative estimate of drug-likeness (QED) is 0.332. The number of nitrogens with one attached hydrogen (secondary N) is 1. The largest absolute Gasteiger partial charge is 0.493 e. The molecule has 0 aliphatic heterocycles. The summed E-state index contributed by atoms with van der Waals surface area (Å²) in [5.74, 6) is 0.135. The fourth-order valence-corrected chi connectivity index (χ4v) is 3.38. The Morgan fingerprint density at radius 3 is 2.57 bits per heavy atom. The molecule has 0 spiro atoms. The summed E-state index contributed by atoms with van der Waals surface area (Å²) in [6.07, 6.45) is -0.737. The van der Waals surface area contributed by atoms with Gasteiger partial charge in [-0.25, -0.2) is 4.98 Å². The van der Waals surface area contributed by atoms with Crippen molar-refractivity contribution in [2.45, 2.75) is 6.18 Å². The van der Waals surface area contributed by atoms with Gasteiger partial charge in [0.15, 0.2) is 18.1 Å². The summed E-state index contributed by atoms with van der Waals surface area (Å²) in [5.41, 5.74) is 1.72. The van der Waals surface area contributed by atoms with Crippen molar-refractivity contribution < 1.29 is 27.4 Å². The van der Waals surface area contributed by atoms with Crippen molar-refractivity contribution >= 4 is 34.6 Å². The number of benzene rings is 3. The van der Waals surface area contributed by atoms with Gasteiger partial charge in [0, 0.05) is 11.1 Å². The molecule has 178 valence electrons. The lowest BCUT2D eigenvalue weighted by Gasteiger charge is -2.12. The Morgan fingerprint density at radius 2 is 1.77 bits per heavy atom. The molecular formula is C27H21F3N2O3. The van der Waals surface area contributed by atoms with Gasteiger partial charge in [-0.3, -0.25) is 4.79 Å². The molecule has 4 aromatic rings. The van der Waals surface area contributed by atoms with Crippen LogP contribution in [0.5, 0.6) is 11.5 Å². The van der Waals surface area contributed by atoms with Crippen molar-refractivity contribution in [2.75, 3.05) is 19.0 Å². The normalized spacial score (nSPS) is 11.5. The molecule has 1 heterocycles. The Labute approximate surface area is 199 Å². The number of carbonyl (C=O) groups is 1. The van der Waals surface area contributed by atoms with E-state index in [0.717, 1.165) is 34.3 Å². The number of fused-ring (bicyclic) bond motifs is 1. The average molecular weight is 478 g/mol. The maximum Gasteiger partial charge on any atom is 0.416 e. The second-order valence-electron chi connectivity index (χ2n) is 7.59. The number of alkyl halides is 3. The zero-order valence-electron chi connectivity index (χ0n) is 18.7. The highest BCUT2D eigenvalue weighted by Gasteiger charge is 2.30. The minimum absolute atomic E-state index is 0.0307. The maximum atomic E-state index is 12.8. The third-order valence-corrected chi connectivity index (χ3v) is 5.09. The van der Waals surface area contributed by atoms with Crippen LogP contribution >= 0.6 is 0 Å². The number of rotatable bonds is 7. The molecule has 0 radical (unpaired) electrons. The van der Waals surface area contributed by atoms with Crippen LogP contribution in [0.3, 0.4) is 0 Å². The van der Waals surface area contributed by atoms with Crippen LogP contribution in [0.25, 0.3) is 23.1 Å². The lowest BCUT2D eigenvalue weighted by atomic mass is 10.1. The van der Waals surface area contributed by atoms with Crippen molar-refractivity contribution in [1.29, 1.82) is 0 Å². The van der Waals surface area contributed by atoms with E-state index in [2.05, 4.69) is 10.3 Å². The first-order valence-corrected chi connectivity index (χ1v) is 10.6. The minimum Gasteiger partial charge on any atom is -0.493 e. The van der Waals surface area contributed by atoms with Crippen molar-refractivity contribution in [1.82, 2.24) is 4.98 Å². The van der Waals surface area contributed by atoms with Gasteiger partial charge in [0.05, 0.1) is 23.9 Å². The molecule has 3 aromatic carbocycles. The topological polar surface area (TPSA) is 60.5 Å². The molecule has 0 fully saturated rings. The van der Waals surface area contributed by atoms with E-state index in [-0.39, 0.29) is 5.69 Å². The Kier molecular flexibility index (Phi) is 7.01. The molecule has 0 aliphatic carbocycles. The van der Waals surface area contributed by atoms with Gasteiger partial charge in [-0.15, -0.1) is 0 Å². The van der Waals surface area contributed by atoms with E-state index in [1.165, 1.54) is 19.2 Å². The average Bonchev–Trinajstić information content (AvgIpc) is 2.86. The molecule has 1 N–H and O–H groups in total. The van der Waals surface area contributed by atoms with Gasteiger partial charge in [-0.05, 0) is 54.1 Å². The number of hydrogen-bond donors (Lipinski definition) is 1. The summed E-state index contributed by atoms with van der Waals surface area (Å²) in [5, 5.41) is 3.46. The van der Waals surface area contributed by atoms with Gasteiger partial charge in [0.1, 0.15) is 0 Å². The predicted molar refractivity (Wildman–Crippen MR) is 129 cm³/mol. The van der Waals surface area contributed by atoms with Crippen LogP contribution in [0.15, 0.2) is 78.9 Å². The third-order valence-electron chi connectivity index (χ3n) is 5.09. The molecule has 4 rings (SSSR count). The van der Waals surface area contributed by atoms with Gasteiger partial charge in [0.2, 0.25) is 0 Å². The Hall–Kier alpha value is -4.33. The number of methoxy groups -OCH3 is 1. The lowest BCUT2D eigenvalue weighted by Crippen LogP contribution is -2.20. The van der Waals surface area contributed by atoms with E-state index >= 15 is 0 Å². The molecule has 0 unspecified atom stereocenters. The smallest absolute Gasteiger partial charge is 0.416 e. The summed E-state index contributed by atoms with van der Waals surface area (Å²) in [7, 11) is 1.48. The first kappa shape index (κ1) is 23.8. The Balaban J connectivity index is 1.40. The van der Waals surface area contributed by atoms with Crippen LogP contribution in [0.4, 0.5) is 18.9 Å². The fourth-order valence-electron chi connectivity index (χ4n) is 3.38. The summed E-state index contributed by atoms with van der Waals surface area (Å²) in [6, 6.07) is 21.4. The van der Waals surface area contributed by atoms with Gasteiger partial charge < -0.3 is 14.8 Å². The molecule has 0 atom stereocenters. The monoisotopic (exact) mass is 478 g/mol. The number of aromatic nitrogens is 1. The number of ether oxygens (including phenoxy) is 2. The predicted octanol–water partition coefficient (Wildman–Crippen LogP) is 6.45.